The molecule has 5 rings (SSSR count). The van der Waals surface area contributed by atoms with Crippen LogP contribution in [0, 0.1) is 11.6 Å². The predicted octanol–water partition coefficient (Wildman–Crippen LogP) is 4.51. The molecule has 2 heterocycles. The molecule has 0 spiro atoms. The monoisotopic (exact) mass is 503 g/mol. The molecule has 0 aliphatic carbocycles. The number of ether oxygens (including phenoxy) is 1. The Morgan fingerprint density at radius 3 is 2.35 bits per heavy atom. The fourth-order valence-electron chi connectivity index (χ4n) is 4.35. The molecule has 188 valence electrons. The molecular formula is C27H23F2N5O3. The van der Waals surface area contributed by atoms with Crippen LogP contribution < -0.4 is 5.73 Å². The van der Waals surface area contributed by atoms with E-state index < -0.39 is 17.7 Å². The smallest absolute Gasteiger partial charge is 0.409 e. The second kappa shape index (κ2) is 9.45. The van der Waals surface area contributed by atoms with Gasteiger partial charge >= 0.3 is 6.09 Å². The first kappa shape index (κ1) is 24.1. The summed E-state index contributed by atoms with van der Waals surface area (Å²) in [5.41, 5.74) is 9.59. The van der Waals surface area contributed by atoms with Crippen LogP contribution in [0.2, 0.25) is 0 Å². The number of nitrogens with two attached hydrogens (primary N) is 1. The third-order valence-corrected chi connectivity index (χ3v) is 6.22. The minimum absolute atomic E-state index is 0.0515. The van der Waals surface area contributed by atoms with Crippen molar-refractivity contribution in [1.29, 1.82) is 0 Å². The van der Waals surface area contributed by atoms with Crippen molar-refractivity contribution in [2.75, 3.05) is 19.8 Å². The summed E-state index contributed by atoms with van der Waals surface area (Å²) in [6.07, 6.45) is -0.627. The summed E-state index contributed by atoms with van der Waals surface area (Å²) in [5, 5.41) is 0.411. The van der Waals surface area contributed by atoms with Gasteiger partial charge in [0.1, 0.15) is 12.3 Å². The zero-order valence-electron chi connectivity index (χ0n) is 20.2. The van der Waals surface area contributed by atoms with Crippen molar-refractivity contribution in [2.45, 2.75) is 19.7 Å². The van der Waals surface area contributed by atoms with Gasteiger partial charge in [0.15, 0.2) is 11.6 Å². The maximum absolute atomic E-state index is 14.3. The fourth-order valence-corrected chi connectivity index (χ4v) is 4.35. The second-order valence-electron chi connectivity index (χ2n) is 8.96. The van der Waals surface area contributed by atoms with Gasteiger partial charge in [-0.2, -0.15) is 0 Å². The van der Waals surface area contributed by atoms with Gasteiger partial charge in [-0.1, -0.05) is 30.3 Å². The highest BCUT2D eigenvalue weighted by atomic mass is 19.2. The third kappa shape index (κ3) is 4.65. The lowest BCUT2D eigenvalue weighted by molar-refractivity contribution is 0.0747. The van der Waals surface area contributed by atoms with Crippen molar-refractivity contribution in [3.8, 4) is 11.1 Å². The van der Waals surface area contributed by atoms with E-state index in [-0.39, 0.29) is 29.7 Å². The maximum Gasteiger partial charge on any atom is 0.409 e. The van der Waals surface area contributed by atoms with Crippen LogP contribution in [0.4, 0.5) is 19.5 Å². The molecule has 3 aromatic carbocycles. The molecule has 0 atom stereocenters. The number of aromatic nitrogens is 2. The molecule has 2 N–H and O–H groups in total. The molecule has 1 aliphatic rings. The molecule has 0 saturated carbocycles. The third-order valence-electron chi connectivity index (χ3n) is 6.22. The van der Waals surface area contributed by atoms with Crippen LogP contribution >= 0.6 is 0 Å². The Morgan fingerprint density at radius 2 is 1.68 bits per heavy atom. The lowest BCUT2D eigenvalue weighted by Gasteiger charge is -2.17. The number of carbonyl (C=O) groups excluding carboxylic acids is 2. The van der Waals surface area contributed by atoms with Gasteiger partial charge < -0.3 is 20.3 Å². The molecule has 0 bridgehead atoms. The summed E-state index contributed by atoms with van der Waals surface area (Å²) in [6, 6.07) is 14.7. The highest BCUT2D eigenvalue weighted by Gasteiger charge is 2.27. The first-order chi connectivity index (χ1) is 17.7. The molecule has 1 aromatic heterocycles. The predicted molar refractivity (Wildman–Crippen MR) is 133 cm³/mol. The molecule has 8 nitrogen and oxygen atoms in total. The maximum atomic E-state index is 14.3. The van der Waals surface area contributed by atoms with Crippen LogP contribution in [-0.4, -0.2) is 45.9 Å². The summed E-state index contributed by atoms with van der Waals surface area (Å²) in [6.45, 7) is 0.590. The largest absolute Gasteiger partial charge is 0.445 e. The van der Waals surface area contributed by atoms with E-state index >= 15 is 0 Å². The first-order valence-electron chi connectivity index (χ1n) is 11.5. The number of anilines is 1. The van der Waals surface area contributed by atoms with E-state index in [1.165, 1.54) is 19.0 Å². The summed E-state index contributed by atoms with van der Waals surface area (Å²) < 4.78 is 33.6. The number of rotatable bonds is 4. The number of hydrogen-bond acceptors (Lipinski definition) is 6. The lowest BCUT2D eigenvalue weighted by atomic mass is 9.97. The standard InChI is InChI=1S/C27H23F2N5O3/c1-33(2)27(36)37-14-18-10-21(28)22(29)11-19(18)15-7-8-23-20(9-15)24(32-26(30)31-23)25(35)34-12-16-5-3-4-6-17(16)13-34/h3-11H,12-14H2,1-2H3,(H2,30,31,32). The van der Waals surface area contributed by atoms with Crippen LogP contribution in [0.25, 0.3) is 22.0 Å². The Balaban J connectivity index is 1.56. The molecule has 0 radical (unpaired) electrons. The van der Waals surface area contributed by atoms with Crippen LogP contribution in [0.5, 0.6) is 0 Å². The zero-order chi connectivity index (χ0) is 26.3. The number of amides is 2. The molecule has 1 aliphatic heterocycles. The summed E-state index contributed by atoms with van der Waals surface area (Å²) in [7, 11) is 3.03. The number of hydrogen-bond donors (Lipinski definition) is 1. The van der Waals surface area contributed by atoms with Gasteiger partial charge in [-0.15, -0.1) is 0 Å². The Bertz CT molecular complexity index is 1530. The van der Waals surface area contributed by atoms with Crippen molar-refractivity contribution < 1.29 is 23.1 Å². The number of nitrogens with zero attached hydrogens (tertiary/aromatic N) is 4. The van der Waals surface area contributed by atoms with Crippen molar-refractivity contribution >= 4 is 28.9 Å². The average molecular weight is 504 g/mol. The van der Waals surface area contributed by atoms with Crippen LogP contribution in [-0.2, 0) is 24.4 Å². The molecule has 2 amide bonds. The van der Waals surface area contributed by atoms with Crippen molar-refractivity contribution in [3.63, 3.8) is 0 Å². The van der Waals surface area contributed by atoms with Gasteiger partial charge in [-0.3, -0.25) is 4.79 Å². The topological polar surface area (TPSA) is 102 Å². The van der Waals surface area contributed by atoms with Gasteiger partial charge in [-0.05, 0) is 46.5 Å². The molecule has 0 unspecified atom stereocenters. The number of carbonyl (C=O) groups is 2. The minimum atomic E-state index is -1.07. The van der Waals surface area contributed by atoms with E-state index in [0.29, 0.717) is 35.1 Å². The Labute approximate surface area is 211 Å². The molecular weight excluding hydrogens is 480 g/mol. The molecule has 0 saturated heterocycles. The number of fused-ring (bicyclic) bond motifs is 2. The van der Waals surface area contributed by atoms with Crippen LogP contribution in [0.3, 0.4) is 0 Å². The molecule has 37 heavy (non-hydrogen) atoms. The average Bonchev–Trinajstić information content (AvgIpc) is 3.32. The zero-order valence-corrected chi connectivity index (χ0v) is 20.2. The second-order valence-corrected chi connectivity index (χ2v) is 8.96. The van der Waals surface area contributed by atoms with Crippen molar-refractivity contribution in [2.24, 2.45) is 0 Å². The van der Waals surface area contributed by atoms with E-state index in [1.54, 1.807) is 23.1 Å². The van der Waals surface area contributed by atoms with Crippen LogP contribution in [0.15, 0.2) is 54.6 Å². The lowest BCUT2D eigenvalue weighted by Crippen LogP contribution is -2.27. The first-order valence-corrected chi connectivity index (χ1v) is 11.5. The van der Waals surface area contributed by atoms with E-state index in [4.69, 9.17) is 10.5 Å². The van der Waals surface area contributed by atoms with E-state index in [0.717, 1.165) is 23.3 Å². The van der Waals surface area contributed by atoms with E-state index in [1.807, 2.05) is 24.3 Å². The Morgan fingerprint density at radius 1 is 1.00 bits per heavy atom. The van der Waals surface area contributed by atoms with Crippen LogP contribution in [0.1, 0.15) is 27.2 Å². The van der Waals surface area contributed by atoms with Gasteiger partial charge in [-0.25, -0.2) is 23.5 Å². The van der Waals surface area contributed by atoms with Gasteiger partial charge in [0.05, 0.1) is 5.52 Å². The highest BCUT2D eigenvalue weighted by Crippen LogP contribution is 2.32. The van der Waals surface area contributed by atoms with Gasteiger partial charge in [0.2, 0.25) is 5.95 Å². The SMILES string of the molecule is CN(C)C(=O)OCc1cc(F)c(F)cc1-c1ccc2nc(N)nc(C(=O)N3Cc4ccccc4C3)c2c1. The number of nitrogen functional groups attached to an aromatic ring is 1. The summed E-state index contributed by atoms with van der Waals surface area (Å²) >= 11 is 0. The number of benzene rings is 3. The minimum Gasteiger partial charge on any atom is -0.445 e. The molecule has 0 fully saturated rings. The normalized spacial score (nSPS) is 12.5. The molecule has 10 heteroatoms. The van der Waals surface area contributed by atoms with E-state index in [9.17, 15) is 18.4 Å². The van der Waals surface area contributed by atoms with Gasteiger partial charge in [0, 0.05) is 38.1 Å². The highest BCUT2D eigenvalue weighted by molar-refractivity contribution is 6.06. The molecule has 4 aromatic rings. The quantitative estimate of drug-likeness (QED) is 0.440. The Kier molecular flexibility index (Phi) is 6.16. The Hall–Kier alpha value is -4.60. The van der Waals surface area contributed by atoms with Crippen molar-refractivity contribution in [3.05, 3.63) is 88.6 Å². The van der Waals surface area contributed by atoms with E-state index in [2.05, 4.69) is 9.97 Å². The van der Waals surface area contributed by atoms with Gasteiger partial charge in [0.25, 0.3) is 5.91 Å². The fraction of sp³-hybridized carbons (Fsp3) is 0.185. The van der Waals surface area contributed by atoms with Crippen molar-refractivity contribution in [1.82, 2.24) is 19.8 Å². The summed E-state index contributed by atoms with van der Waals surface area (Å²) in [5.74, 6) is -2.50. The number of halogens is 2. The summed E-state index contributed by atoms with van der Waals surface area (Å²) in [4.78, 5) is 36.8.